The van der Waals surface area contributed by atoms with Gasteiger partial charge in [0.05, 0.1) is 24.9 Å². The second kappa shape index (κ2) is 8.00. The minimum absolute atomic E-state index is 0.370. The predicted molar refractivity (Wildman–Crippen MR) is 88.7 cm³/mol. The summed E-state index contributed by atoms with van der Waals surface area (Å²) in [6.45, 7) is 4.86. The van der Waals surface area contributed by atoms with Gasteiger partial charge in [-0.05, 0) is 55.3 Å². The molecule has 3 nitrogen and oxygen atoms in total. The Morgan fingerprint density at radius 3 is 2.48 bits per heavy atom. The molecule has 0 atom stereocenters. The van der Waals surface area contributed by atoms with Gasteiger partial charge < -0.3 is 9.47 Å². The number of hydrogen-bond acceptors (Lipinski definition) is 3. The van der Waals surface area contributed by atoms with Crippen LogP contribution in [-0.2, 0) is 0 Å². The average molecular weight is 311 g/mol. The molecule has 0 fully saturated rings. The Morgan fingerprint density at radius 2 is 1.83 bits per heavy atom. The molecule has 0 aliphatic heterocycles. The maximum Gasteiger partial charge on any atom is 0.161 e. The van der Waals surface area contributed by atoms with Crippen LogP contribution in [-0.4, -0.2) is 13.2 Å². The van der Waals surface area contributed by atoms with Crippen LogP contribution >= 0.6 is 0 Å². The van der Waals surface area contributed by atoms with Gasteiger partial charge in [0.1, 0.15) is 5.82 Å². The third kappa shape index (κ3) is 4.33. The van der Waals surface area contributed by atoms with E-state index in [4.69, 9.17) is 9.47 Å². The van der Waals surface area contributed by atoms with Crippen molar-refractivity contribution in [3.05, 3.63) is 59.4 Å². The Hall–Kier alpha value is -2.80. The first-order valence-electron chi connectivity index (χ1n) is 7.45. The summed E-state index contributed by atoms with van der Waals surface area (Å²) in [6, 6.07) is 13.5. The molecule has 2 aromatic carbocycles. The summed E-state index contributed by atoms with van der Waals surface area (Å²) >= 11 is 0. The molecular weight excluding hydrogens is 293 g/mol. The number of ether oxygens (including phenoxy) is 2. The minimum Gasteiger partial charge on any atom is -0.490 e. The molecule has 2 aromatic rings. The van der Waals surface area contributed by atoms with Crippen molar-refractivity contribution in [2.45, 2.75) is 13.8 Å². The van der Waals surface area contributed by atoms with Crippen LogP contribution in [0, 0.1) is 17.1 Å². The lowest BCUT2D eigenvalue weighted by Gasteiger charge is -2.11. The number of nitriles is 1. The van der Waals surface area contributed by atoms with Crippen LogP contribution < -0.4 is 9.47 Å². The van der Waals surface area contributed by atoms with Crippen LogP contribution in [0.3, 0.4) is 0 Å². The normalized spacial score (nSPS) is 11.0. The van der Waals surface area contributed by atoms with E-state index in [9.17, 15) is 9.65 Å². The van der Waals surface area contributed by atoms with Gasteiger partial charge in [-0.1, -0.05) is 18.2 Å². The maximum absolute atomic E-state index is 13.3. The van der Waals surface area contributed by atoms with Gasteiger partial charge in [0.2, 0.25) is 0 Å². The fraction of sp³-hybridized carbons (Fsp3) is 0.211. The molecule has 0 spiro atoms. The lowest BCUT2D eigenvalue weighted by atomic mass is 10.0. The summed E-state index contributed by atoms with van der Waals surface area (Å²) in [4.78, 5) is 0. The highest BCUT2D eigenvalue weighted by molar-refractivity contribution is 5.89. The van der Waals surface area contributed by atoms with E-state index >= 15 is 0 Å². The van der Waals surface area contributed by atoms with Crippen molar-refractivity contribution >= 4 is 11.6 Å². The fourth-order valence-electron chi connectivity index (χ4n) is 2.16. The number of allylic oxidation sites excluding steroid dienone is 1. The van der Waals surface area contributed by atoms with E-state index in [-0.39, 0.29) is 5.82 Å². The molecule has 2 rings (SSSR count). The van der Waals surface area contributed by atoms with Crippen molar-refractivity contribution in [2.75, 3.05) is 13.2 Å². The zero-order valence-corrected chi connectivity index (χ0v) is 13.2. The number of nitrogens with zero attached hydrogens (tertiary/aromatic N) is 1. The maximum atomic E-state index is 13.3. The molecule has 0 N–H and O–H groups in total. The molecule has 0 bridgehead atoms. The second-order valence-corrected chi connectivity index (χ2v) is 4.75. The molecule has 118 valence electrons. The molecular formula is C19H18FNO2. The van der Waals surface area contributed by atoms with Crippen molar-refractivity contribution in [2.24, 2.45) is 0 Å². The lowest BCUT2D eigenvalue weighted by molar-refractivity contribution is 0.287. The Balaban J connectivity index is 2.40. The van der Waals surface area contributed by atoms with E-state index in [1.807, 2.05) is 26.0 Å². The van der Waals surface area contributed by atoms with Crippen molar-refractivity contribution in [1.82, 2.24) is 0 Å². The van der Waals surface area contributed by atoms with E-state index in [0.717, 1.165) is 5.56 Å². The lowest BCUT2D eigenvalue weighted by Crippen LogP contribution is -1.98. The first-order chi connectivity index (χ1) is 11.2. The first kappa shape index (κ1) is 16.6. The topological polar surface area (TPSA) is 42.2 Å². The largest absolute Gasteiger partial charge is 0.490 e. The summed E-state index contributed by atoms with van der Waals surface area (Å²) < 4.78 is 24.4. The Labute approximate surface area is 135 Å². The second-order valence-electron chi connectivity index (χ2n) is 4.75. The van der Waals surface area contributed by atoms with Gasteiger partial charge in [-0.3, -0.25) is 0 Å². The number of hydrogen-bond donors (Lipinski definition) is 0. The standard InChI is InChI=1S/C19H18FNO2/c1-3-22-18-9-8-14(11-19(18)23-4-2)10-16(13-21)15-6-5-7-17(20)12-15/h5-12H,3-4H2,1-2H3/b16-10-. The summed E-state index contributed by atoms with van der Waals surface area (Å²) in [7, 11) is 0. The number of halogens is 1. The molecule has 0 saturated carbocycles. The third-order valence-electron chi connectivity index (χ3n) is 3.13. The van der Waals surface area contributed by atoms with Gasteiger partial charge in [-0.25, -0.2) is 4.39 Å². The zero-order valence-electron chi connectivity index (χ0n) is 13.2. The van der Waals surface area contributed by atoms with E-state index in [0.29, 0.717) is 35.8 Å². The van der Waals surface area contributed by atoms with E-state index in [1.165, 1.54) is 12.1 Å². The minimum atomic E-state index is -0.370. The van der Waals surface area contributed by atoms with Crippen LogP contribution in [0.1, 0.15) is 25.0 Å². The molecule has 0 unspecified atom stereocenters. The van der Waals surface area contributed by atoms with Crippen molar-refractivity contribution in [3.63, 3.8) is 0 Å². The van der Waals surface area contributed by atoms with Crippen LogP contribution in [0.4, 0.5) is 4.39 Å². The Bertz CT molecular complexity index is 747. The quantitative estimate of drug-likeness (QED) is 0.574. The molecule has 0 amide bonds. The van der Waals surface area contributed by atoms with Crippen LogP contribution in [0.5, 0.6) is 11.5 Å². The van der Waals surface area contributed by atoms with Crippen LogP contribution in [0.15, 0.2) is 42.5 Å². The van der Waals surface area contributed by atoms with Crippen LogP contribution in [0.2, 0.25) is 0 Å². The molecule has 0 heterocycles. The summed E-state index contributed by atoms with van der Waals surface area (Å²) in [5, 5.41) is 9.35. The van der Waals surface area contributed by atoms with Gasteiger partial charge in [-0.15, -0.1) is 0 Å². The Morgan fingerprint density at radius 1 is 1.09 bits per heavy atom. The number of rotatable bonds is 6. The van der Waals surface area contributed by atoms with Crippen LogP contribution in [0.25, 0.3) is 11.6 Å². The molecule has 23 heavy (non-hydrogen) atoms. The summed E-state index contributed by atoms with van der Waals surface area (Å²) in [5.74, 6) is 0.917. The molecule has 0 radical (unpaired) electrons. The SMILES string of the molecule is CCOc1ccc(/C=C(/C#N)c2cccc(F)c2)cc1OCC. The van der Waals surface area contributed by atoms with Gasteiger partial charge in [0.25, 0.3) is 0 Å². The van der Waals surface area contributed by atoms with E-state index in [2.05, 4.69) is 6.07 Å². The average Bonchev–Trinajstić information content (AvgIpc) is 2.55. The van der Waals surface area contributed by atoms with Gasteiger partial charge in [0, 0.05) is 0 Å². The van der Waals surface area contributed by atoms with Crippen molar-refractivity contribution in [1.29, 1.82) is 5.26 Å². The highest BCUT2D eigenvalue weighted by atomic mass is 19.1. The smallest absolute Gasteiger partial charge is 0.161 e. The fourth-order valence-corrected chi connectivity index (χ4v) is 2.16. The third-order valence-corrected chi connectivity index (χ3v) is 3.13. The van der Waals surface area contributed by atoms with E-state index < -0.39 is 0 Å². The summed E-state index contributed by atoms with van der Waals surface area (Å²) in [6.07, 6.45) is 1.70. The predicted octanol–water partition coefficient (Wildman–Crippen LogP) is 4.69. The Kier molecular flexibility index (Phi) is 5.76. The zero-order chi connectivity index (χ0) is 16.7. The highest BCUT2D eigenvalue weighted by Gasteiger charge is 2.07. The van der Waals surface area contributed by atoms with Gasteiger partial charge >= 0.3 is 0 Å². The van der Waals surface area contributed by atoms with Crippen molar-refractivity contribution < 1.29 is 13.9 Å². The van der Waals surface area contributed by atoms with Gasteiger partial charge in [0.15, 0.2) is 11.5 Å². The molecule has 0 saturated heterocycles. The molecule has 0 aliphatic carbocycles. The molecule has 0 aromatic heterocycles. The van der Waals surface area contributed by atoms with E-state index in [1.54, 1.807) is 24.3 Å². The highest BCUT2D eigenvalue weighted by Crippen LogP contribution is 2.30. The molecule has 4 heteroatoms. The van der Waals surface area contributed by atoms with Crippen molar-refractivity contribution in [3.8, 4) is 17.6 Å². The van der Waals surface area contributed by atoms with Gasteiger partial charge in [-0.2, -0.15) is 5.26 Å². The monoisotopic (exact) mass is 311 g/mol. The number of benzene rings is 2. The molecule has 0 aliphatic rings. The summed E-state index contributed by atoms with van der Waals surface area (Å²) in [5.41, 5.74) is 1.72. The first-order valence-corrected chi connectivity index (χ1v) is 7.45.